The van der Waals surface area contributed by atoms with Crippen LogP contribution in [0.15, 0.2) is 0 Å². The first-order chi connectivity index (χ1) is 12.0. The van der Waals surface area contributed by atoms with Gasteiger partial charge in [-0.2, -0.15) is 12.6 Å². The fourth-order valence-corrected chi connectivity index (χ4v) is 2.00. The number of ether oxygens (including phenoxy) is 2. The SMILES string of the molecule is NC(CCCCNC(=O)COCCOCCNC(=O)CCS)[C@H](N)O. The molecule has 25 heavy (non-hydrogen) atoms. The summed E-state index contributed by atoms with van der Waals surface area (Å²) in [7, 11) is 0. The molecule has 0 bridgehead atoms. The van der Waals surface area contributed by atoms with Crippen molar-refractivity contribution < 1.29 is 24.2 Å². The van der Waals surface area contributed by atoms with Gasteiger partial charge >= 0.3 is 0 Å². The van der Waals surface area contributed by atoms with E-state index in [9.17, 15) is 9.59 Å². The summed E-state index contributed by atoms with van der Waals surface area (Å²) in [6.45, 7) is 2.00. The van der Waals surface area contributed by atoms with Gasteiger partial charge < -0.3 is 36.7 Å². The fourth-order valence-electron chi connectivity index (χ4n) is 1.79. The van der Waals surface area contributed by atoms with Crippen molar-refractivity contribution in [2.75, 3.05) is 45.3 Å². The maximum atomic E-state index is 11.5. The minimum atomic E-state index is -1.01. The molecule has 9 nitrogen and oxygen atoms in total. The average Bonchev–Trinajstić information content (AvgIpc) is 2.56. The van der Waals surface area contributed by atoms with Gasteiger partial charge in [-0.15, -0.1) is 0 Å². The molecule has 0 aliphatic heterocycles. The van der Waals surface area contributed by atoms with Crippen molar-refractivity contribution in [1.29, 1.82) is 0 Å². The van der Waals surface area contributed by atoms with Gasteiger partial charge in [0.25, 0.3) is 0 Å². The van der Waals surface area contributed by atoms with E-state index in [-0.39, 0.29) is 18.4 Å². The number of carbonyl (C=O) groups excluding carboxylic acids is 2. The van der Waals surface area contributed by atoms with Crippen molar-refractivity contribution in [1.82, 2.24) is 10.6 Å². The van der Waals surface area contributed by atoms with E-state index in [0.717, 1.165) is 12.8 Å². The molecule has 1 unspecified atom stereocenters. The Morgan fingerprint density at radius 3 is 2.36 bits per heavy atom. The molecule has 0 saturated heterocycles. The number of hydrogen-bond acceptors (Lipinski definition) is 8. The van der Waals surface area contributed by atoms with Crippen LogP contribution in [0.1, 0.15) is 25.7 Å². The Kier molecular flexibility index (Phi) is 16.0. The van der Waals surface area contributed by atoms with E-state index in [2.05, 4.69) is 23.3 Å². The molecule has 2 atom stereocenters. The zero-order valence-electron chi connectivity index (χ0n) is 14.6. The van der Waals surface area contributed by atoms with E-state index in [4.69, 9.17) is 26.0 Å². The Morgan fingerprint density at radius 2 is 1.68 bits per heavy atom. The van der Waals surface area contributed by atoms with Gasteiger partial charge in [0.05, 0.1) is 19.8 Å². The lowest BCUT2D eigenvalue weighted by atomic mass is 10.1. The van der Waals surface area contributed by atoms with Gasteiger partial charge in [0.1, 0.15) is 12.8 Å². The van der Waals surface area contributed by atoms with Gasteiger partial charge in [-0.1, -0.05) is 6.42 Å². The summed E-state index contributed by atoms with van der Waals surface area (Å²) < 4.78 is 10.5. The summed E-state index contributed by atoms with van der Waals surface area (Å²) >= 11 is 3.97. The standard InChI is InChI=1S/C15H32N4O5S/c16-12(15(17)22)3-1-2-5-18-14(21)11-24-9-8-23-7-6-19-13(20)4-10-25/h12,15,22,25H,1-11,16-17H2,(H,18,21)(H,19,20)/t12?,15-/m1/s1. The average molecular weight is 381 g/mol. The number of nitrogens with two attached hydrogens (primary N) is 2. The molecular formula is C15H32N4O5S. The van der Waals surface area contributed by atoms with Gasteiger partial charge in [0.2, 0.25) is 11.8 Å². The topological polar surface area (TPSA) is 149 Å². The molecule has 148 valence electrons. The van der Waals surface area contributed by atoms with Crippen LogP contribution in [0.2, 0.25) is 0 Å². The van der Waals surface area contributed by atoms with Gasteiger partial charge in [-0.25, -0.2) is 0 Å². The third-order valence-electron chi connectivity index (χ3n) is 3.24. The maximum absolute atomic E-state index is 11.5. The minimum absolute atomic E-state index is 0.0247. The Labute approximate surface area is 154 Å². The van der Waals surface area contributed by atoms with Crippen molar-refractivity contribution in [3.63, 3.8) is 0 Å². The Morgan fingerprint density at radius 1 is 1.00 bits per heavy atom. The Hall–Kier alpha value is -0.910. The Balaban J connectivity index is 3.32. The summed E-state index contributed by atoms with van der Waals surface area (Å²) in [6, 6.07) is -0.435. The highest BCUT2D eigenvalue weighted by Crippen LogP contribution is 1.99. The molecule has 0 aliphatic rings. The number of aliphatic hydroxyl groups excluding tert-OH is 1. The minimum Gasteiger partial charge on any atom is -0.377 e. The predicted molar refractivity (Wildman–Crippen MR) is 98.1 cm³/mol. The van der Waals surface area contributed by atoms with E-state index in [1.807, 2.05) is 0 Å². The number of hydrogen-bond donors (Lipinski definition) is 6. The first-order valence-electron chi connectivity index (χ1n) is 8.46. The zero-order valence-corrected chi connectivity index (χ0v) is 15.5. The normalized spacial score (nSPS) is 13.3. The van der Waals surface area contributed by atoms with Crippen molar-refractivity contribution >= 4 is 24.4 Å². The van der Waals surface area contributed by atoms with Crippen LogP contribution in [0.5, 0.6) is 0 Å². The number of nitrogens with one attached hydrogen (secondary N) is 2. The molecule has 0 aromatic rings. The molecule has 0 spiro atoms. The highest BCUT2D eigenvalue weighted by Gasteiger charge is 2.08. The summed E-state index contributed by atoms with van der Waals surface area (Å²) in [5.74, 6) is 0.280. The predicted octanol–water partition coefficient (Wildman–Crippen LogP) is -1.65. The van der Waals surface area contributed by atoms with Crippen LogP contribution in [0, 0.1) is 0 Å². The molecule has 0 aliphatic carbocycles. The lowest BCUT2D eigenvalue weighted by molar-refractivity contribution is -0.126. The summed E-state index contributed by atoms with van der Waals surface area (Å²) in [4.78, 5) is 22.6. The van der Waals surface area contributed by atoms with Crippen LogP contribution in [0.4, 0.5) is 0 Å². The first-order valence-corrected chi connectivity index (χ1v) is 9.09. The van der Waals surface area contributed by atoms with Crippen molar-refractivity contribution in [2.24, 2.45) is 11.5 Å². The van der Waals surface area contributed by atoms with Gasteiger partial charge in [0.15, 0.2) is 0 Å². The molecule has 10 heteroatoms. The number of amides is 2. The fraction of sp³-hybridized carbons (Fsp3) is 0.867. The molecule has 2 amide bonds. The zero-order chi connectivity index (χ0) is 18.9. The molecule has 0 heterocycles. The lowest BCUT2D eigenvalue weighted by Gasteiger charge is -2.14. The third kappa shape index (κ3) is 16.3. The van der Waals surface area contributed by atoms with Gasteiger partial charge in [-0.05, 0) is 18.6 Å². The van der Waals surface area contributed by atoms with E-state index >= 15 is 0 Å². The second-order valence-electron chi connectivity index (χ2n) is 5.49. The summed E-state index contributed by atoms with van der Waals surface area (Å²) in [5, 5.41) is 14.5. The molecule has 0 rings (SSSR count). The first kappa shape index (κ1) is 24.1. The van der Waals surface area contributed by atoms with Gasteiger partial charge in [-0.3, -0.25) is 9.59 Å². The third-order valence-corrected chi connectivity index (χ3v) is 3.46. The second kappa shape index (κ2) is 16.6. The van der Waals surface area contributed by atoms with Crippen LogP contribution in [-0.4, -0.2) is 74.5 Å². The van der Waals surface area contributed by atoms with Crippen molar-refractivity contribution in [2.45, 2.75) is 38.0 Å². The maximum Gasteiger partial charge on any atom is 0.245 e. The van der Waals surface area contributed by atoms with Crippen LogP contribution in [-0.2, 0) is 19.1 Å². The van der Waals surface area contributed by atoms with E-state index < -0.39 is 12.3 Å². The van der Waals surface area contributed by atoms with E-state index in [1.165, 1.54) is 0 Å². The summed E-state index contributed by atoms with van der Waals surface area (Å²) in [6.07, 6.45) is 1.53. The highest BCUT2D eigenvalue weighted by molar-refractivity contribution is 7.80. The molecular weight excluding hydrogens is 348 g/mol. The number of unbranched alkanes of at least 4 members (excludes halogenated alkanes) is 1. The lowest BCUT2D eigenvalue weighted by Crippen LogP contribution is -2.41. The molecule has 0 saturated carbocycles. The van der Waals surface area contributed by atoms with Crippen LogP contribution < -0.4 is 22.1 Å². The quantitative estimate of drug-likeness (QED) is 0.107. The number of rotatable bonds is 16. The molecule has 0 aromatic carbocycles. The number of carbonyl (C=O) groups is 2. The van der Waals surface area contributed by atoms with Crippen molar-refractivity contribution in [3.8, 4) is 0 Å². The second-order valence-corrected chi connectivity index (χ2v) is 5.94. The van der Waals surface area contributed by atoms with Crippen LogP contribution in [0.3, 0.4) is 0 Å². The molecule has 0 fully saturated rings. The molecule has 7 N–H and O–H groups in total. The number of thiol groups is 1. The van der Waals surface area contributed by atoms with Crippen LogP contribution in [0.25, 0.3) is 0 Å². The van der Waals surface area contributed by atoms with E-state index in [1.54, 1.807) is 0 Å². The smallest absolute Gasteiger partial charge is 0.245 e. The molecule has 0 radical (unpaired) electrons. The largest absolute Gasteiger partial charge is 0.377 e. The highest BCUT2D eigenvalue weighted by atomic mass is 32.1. The van der Waals surface area contributed by atoms with E-state index in [0.29, 0.717) is 51.5 Å². The number of aliphatic hydroxyl groups is 1. The Bertz CT molecular complexity index is 361. The van der Waals surface area contributed by atoms with Crippen molar-refractivity contribution in [3.05, 3.63) is 0 Å². The molecule has 0 aromatic heterocycles. The van der Waals surface area contributed by atoms with Gasteiger partial charge in [0, 0.05) is 25.6 Å². The summed E-state index contributed by atoms with van der Waals surface area (Å²) in [5.41, 5.74) is 10.8. The monoisotopic (exact) mass is 380 g/mol. The van der Waals surface area contributed by atoms with Crippen LogP contribution >= 0.6 is 12.6 Å².